The number of hydrogen-bond acceptors (Lipinski definition) is 4. The number of nitrogens with zero attached hydrogens (tertiary/aromatic N) is 1. The lowest BCUT2D eigenvalue weighted by Gasteiger charge is -2.14. The minimum atomic E-state index is -1.17. The molecule has 0 spiro atoms. The molecular weight excluding hydrogens is 409 g/mol. The van der Waals surface area contributed by atoms with Gasteiger partial charge in [0.25, 0.3) is 0 Å². The van der Waals surface area contributed by atoms with Crippen LogP contribution in [0, 0.1) is 5.82 Å². The van der Waals surface area contributed by atoms with Crippen LogP contribution in [0.25, 0.3) is 11.1 Å². The quantitative estimate of drug-likeness (QED) is 0.387. The third-order valence-electron chi connectivity index (χ3n) is 4.78. The second kappa shape index (κ2) is 9.75. The van der Waals surface area contributed by atoms with Crippen molar-refractivity contribution in [1.82, 2.24) is 4.98 Å². The van der Waals surface area contributed by atoms with Gasteiger partial charge in [0.05, 0.1) is 5.56 Å². The highest BCUT2D eigenvalue weighted by molar-refractivity contribution is 5.96. The monoisotopic (exact) mass is 429 g/mol. The summed E-state index contributed by atoms with van der Waals surface area (Å²) in [6.07, 6.45) is 0. The Morgan fingerprint density at radius 1 is 0.781 bits per heavy atom. The molecule has 0 saturated heterocycles. The number of aromatic nitrogens is 1. The predicted octanol–water partition coefficient (Wildman–Crippen LogP) is 5.74. The molecule has 160 valence electrons. The second-order valence-electron chi connectivity index (χ2n) is 7.05. The molecule has 3 aromatic carbocycles. The van der Waals surface area contributed by atoms with Crippen LogP contribution in [-0.2, 0) is 13.2 Å². The fraction of sp³-hybridized carbons (Fsp3) is 0.0769. The zero-order chi connectivity index (χ0) is 22.3. The van der Waals surface area contributed by atoms with Gasteiger partial charge in [0.15, 0.2) is 0 Å². The SMILES string of the molecule is O=C(O)c1ccc(F)cc1-c1ccc(OCc2ccccc2)nc1OCc1ccccc1. The Morgan fingerprint density at radius 3 is 2.03 bits per heavy atom. The molecule has 5 nitrogen and oxygen atoms in total. The van der Waals surface area contributed by atoms with E-state index in [2.05, 4.69) is 4.98 Å². The summed E-state index contributed by atoms with van der Waals surface area (Å²) < 4.78 is 25.7. The number of carboxylic acids is 1. The lowest BCUT2D eigenvalue weighted by atomic mass is 10.0. The Labute approximate surface area is 184 Å². The fourth-order valence-corrected chi connectivity index (χ4v) is 3.20. The molecule has 6 heteroatoms. The van der Waals surface area contributed by atoms with E-state index in [0.29, 0.717) is 18.1 Å². The first-order valence-electron chi connectivity index (χ1n) is 9.98. The van der Waals surface area contributed by atoms with Crippen molar-refractivity contribution in [2.24, 2.45) is 0 Å². The third-order valence-corrected chi connectivity index (χ3v) is 4.78. The maximum Gasteiger partial charge on any atom is 0.336 e. The van der Waals surface area contributed by atoms with Gasteiger partial charge in [-0.25, -0.2) is 9.18 Å². The van der Waals surface area contributed by atoms with E-state index in [1.807, 2.05) is 60.7 Å². The van der Waals surface area contributed by atoms with Crippen molar-refractivity contribution in [2.75, 3.05) is 0 Å². The zero-order valence-electron chi connectivity index (χ0n) is 17.1. The molecule has 0 unspecified atom stereocenters. The van der Waals surface area contributed by atoms with E-state index in [-0.39, 0.29) is 23.6 Å². The van der Waals surface area contributed by atoms with Gasteiger partial charge in [0, 0.05) is 17.2 Å². The number of ether oxygens (including phenoxy) is 2. The van der Waals surface area contributed by atoms with Crippen LogP contribution < -0.4 is 9.47 Å². The van der Waals surface area contributed by atoms with Crippen LogP contribution in [0.1, 0.15) is 21.5 Å². The van der Waals surface area contributed by atoms with Crippen molar-refractivity contribution in [1.29, 1.82) is 0 Å². The smallest absolute Gasteiger partial charge is 0.336 e. The average Bonchev–Trinajstić information content (AvgIpc) is 2.82. The van der Waals surface area contributed by atoms with E-state index < -0.39 is 11.8 Å². The van der Waals surface area contributed by atoms with E-state index in [9.17, 15) is 14.3 Å². The Morgan fingerprint density at radius 2 is 1.41 bits per heavy atom. The summed E-state index contributed by atoms with van der Waals surface area (Å²) in [6.45, 7) is 0.520. The zero-order valence-corrected chi connectivity index (χ0v) is 17.1. The molecule has 0 fully saturated rings. The number of hydrogen-bond donors (Lipinski definition) is 1. The lowest BCUT2D eigenvalue weighted by Crippen LogP contribution is -2.05. The summed E-state index contributed by atoms with van der Waals surface area (Å²) in [6, 6.07) is 25.9. The molecule has 1 aromatic heterocycles. The van der Waals surface area contributed by atoms with Crippen LogP contribution in [0.3, 0.4) is 0 Å². The maximum atomic E-state index is 14.0. The molecule has 4 aromatic rings. The molecule has 4 rings (SSSR count). The summed E-state index contributed by atoms with van der Waals surface area (Å²) >= 11 is 0. The van der Waals surface area contributed by atoms with Crippen molar-refractivity contribution < 1.29 is 23.8 Å². The molecule has 1 N–H and O–H groups in total. The summed E-state index contributed by atoms with van der Waals surface area (Å²) in [5.74, 6) is -1.25. The average molecular weight is 429 g/mol. The van der Waals surface area contributed by atoms with E-state index in [4.69, 9.17) is 9.47 Å². The van der Waals surface area contributed by atoms with Crippen LogP contribution in [0.4, 0.5) is 4.39 Å². The second-order valence-corrected chi connectivity index (χ2v) is 7.05. The molecule has 0 aliphatic heterocycles. The summed E-state index contributed by atoms with van der Waals surface area (Å²) in [7, 11) is 0. The van der Waals surface area contributed by atoms with E-state index in [1.165, 1.54) is 12.1 Å². The first kappa shape index (κ1) is 21.1. The molecule has 0 amide bonds. The molecule has 32 heavy (non-hydrogen) atoms. The number of benzene rings is 3. The Bertz CT molecular complexity index is 1210. The van der Waals surface area contributed by atoms with Crippen molar-refractivity contribution in [3.63, 3.8) is 0 Å². The third kappa shape index (κ3) is 5.10. The summed E-state index contributed by atoms with van der Waals surface area (Å²) in [4.78, 5) is 16.2. The van der Waals surface area contributed by atoms with Gasteiger partial charge in [-0.15, -0.1) is 0 Å². The number of carbonyl (C=O) groups is 1. The summed E-state index contributed by atoms with van der Waals surface area (Å²) in [5, 5.41) is 9.57. The topological polar surface area (TPSA) is 68.7 Å². The highest BCUT2D eigenvalue weighted by Gasteiger charge is 2.18. The Balaban J connectivity index is 1.68. The lowest BCUT2D eigenvalue weighted by molar-refractivity contribution is 0.0697. The van der Waals surface area contributed by atoms with Crippen molar-refractivity contribution >= 4 is 5.97 Å². The van der Waals surface area contributed by atoms with Gasteiger partial charge in [0.1, 0.15) is 19.0 Å². The van der Waals surface area contributed by atoms with E-state index in [1.54, 1.807) is 12.1 Å². The molecular formula is C26H20FNO4. The van der Waals surface area contributed by atoms with Crippen LogP contribution in [0.5, 0.6) is 11.8 Å². The van der Waals surface area contributed by atoms with Crippen molar-refractivity contribution in [3.05, 3.63) is 114 Å². The number of rotatable bonds is 8. The molecule has 0 aliphatic carbocycles. The van der Waals surface area contributed by atoms with Crippen LogP contribution >= 0.6 is 0 Å². The number of pyridine rings is 1. The molecule has 0 atom stereocenters. The van der Waals surface area contributed by atoms with Gasteiger partial charge >= 0.3 is 5.97 Å². The molecule has 0 saturated carbocycles. The largest absolute Gasteiger partial charge is 0.478 e. The highest BCUT2D eigenvalue weighted by Crippen LogP contribution is 2.34. The van der Waals surface area contributed by atoms with Gasteiger partial charge in [-0.2, -0.15) is 4.98 Å². The predicted molar refractivity (Wildman–Crippen MR) is 118 cm³/mol. The molecule has 1 heterocycles. The van der Waals surface area contributed by atoms with Crippen LogP contribution in [0.15, 0.2) is 91.0 Å². The first-order chi connectivity index (χ1) is 15.6. The van der Waals surface area contributed by atoms with Crippen LogP contribution in [-0.4, -0.2) is 16.1 Å². The minimum Gasteiger partial charge on any atom is -0.478 e. The standard InChI is InChI=1S/C26H20FNO4/c27-20-11-12-22(26(29)30)23(15-20)21-13-14-24(31-16-18-7-3-1-4-8-18)28-25(21)32-17-19-9-5-2-6-10-19/h1-15H,16-17H2,(H,29,30). The molecule has 0 aliphatic rings. The van der Waals surface area contributed by atoms with Gasteiger partial charge in [-0.3, -0.25) is 0 Å². The van der Waals surface area contributed by atoms with Crippen molar-refractivity contribution in [2.45, 2.75) is 13.2 Å². The normalized spacial score (nSPS) is 10.5. The number of halogens is 1. The van der Waals surface area contributed by atoms with E-state index in [0.717, 1.165) is 17.2 Å². The van der Waals surface area contributed by atoms with Gasteiger partial charge in [0.2, 0.25) is 11.8 Å². The maximum absolute atomic E-state index is 14.0. The van der Waals surface area contributed by atoms with Gasteiger partial charge < -0.3 is 14.6 Å². The molecule has 0 radical (unpaired) electrons. The first-order valence-corrected chi connectivity index (χ1v) is 9.98. The number of carboxylic acid groups (broad SMARTS) is 1. The fourth-order valence-electron chi connectivity index (χ4n) is 3.20. The van der Waals surface area contributed by atoms with Gasteiger partial charge in [-0.05, 0) is 35.4 Å². The van der Waals surface area contributed by atoms with E-state index >= 15 is 0 Å². The van der Waals surface area contributed by atoms with Crippen molar-refractivity contribution in [3.8, 4) is 22.9 Å². The van der Waals surface area contributed by atoms with Crippen LogP contribution in [0.2, 0.25) is 0 Å². The highest BCUT2D eigenvalue weighted by atomic mass is 19.1. The molecule has 0 bridgehead atoms. The summed E-state index contributed by atoms with van der Waals surface area (Å²) in [5.41, 5.74) is 2.39. The Hall–Kier alpha value is -4.19. The minimum absolute atomic E-state index is 0.0456. The van der Waals surface area contributed by atoms with Gasteiger partial charge in [-0.1, -0.05) is 60.7 Å². The number of aromatic carboxylic acids is 1. The Kier molecular flexibility index (Phi) is 6.41.